The van der Waals surface area contributed by atoms with E-state index in [4.69, 9.17) is 0 Å². The van der Waals surface area contributed by atoms with Crippen LogP contribution in [0.25, 0.3) is 0 Å². The predicted octanol–water partition coefficient (Wildman–Crippen LogP) is 2.79. The molecule has 0 amide bonds. The van der Waals surface area contributed by atoms with E-state index in [9.17, 15) is 4.39 Å². The summed E-state index contributed by atoms with van der Waals surface area (Å²) in [6, 6.07) is 6.88. The van der Waals surface area contributed by atoms with Crippen molar-refractivity contribution in [3.05, 3.63) is 53.7 Å². The highest BCUT2D eigenvalue weighted by molar-refractivity contribution is 5.36. The van der Waals surface area contributed by atoms with Crippen LogP contribution >= 0.6 is 0 Å². The Hall–Kier alpha value is -1.97. The fourth-order valence-electron chi connectivity index (χ4n) is 1.64. The number of halogens is 1. The number of rotatable bonds is 4. The van der Waals surface area contributed by atoms with E-state index in [-0.39, 0.29) is 11.6 Å². The monoisotopic (exact) mass is 231 g/mol. The van der Waals surface area contributed by atoms with Gasteiger partial charge in [0.1, 0.15) is 0 Å². The topological polar surface area (TPSA) is 37.8 Å². The molecule has 2 aromatic rings. The minimum absolute atomic E-state index is 0.264. The van der Waals surface area contributed by atoms with Crippen LogP contribution in [0.15, 0.2) is 36.7 Å². The van der Waals surface area contributed by atoms with Gasteiger partial charge in [-0.05, 0) is 30.2 Å². The molecule has 2 heterocycles. The molecule has 0 atom stereocenters. The van der Waals surface area contributed by atoms with Crippen molar-refractivity contribution >= 4 is 5.82 Å². The van der Waals surface area contributed by atoms with Gasteiger partial charge in [-0.15, -0.1) is 0 Å². The Labute approximate surface area is 99.7 Å². The van der Waals surface area contributed by atoms with Crippen molar-refractivity contribution in [2.24, 2.45) is 0 Å². The first-order valence-corrected chi connectivity index (χ1v) is 5.58. The molecule has 0 aromatic carbocycles. The first kappa shape index (κ1) is 11.5. The summed E-state index contributed by atoms with van der Waals surface area (Å²) < 4.78 is 13.3. The maximum Gasteiger partial charge on any atom is 0.165 e. The van der Waals surface area contributed by atoms with Gasteiger partial charge >= 0.3 is 0 Å². The van der Waals surface area contributed by atoms with E-state index in [0.29, 0.717) is 6.54 Å². The highest BCUT2D eigenvalue weighted by atomic mass is 19.1. The fourth-order valence-corrected chi connectivity index (χ4v) is 1.64. The zero-order valence-corrected chi connectivity index (χ0v) is 9.65. The van der Waals surface area contributed by atoms with Crippen LogP contribution in [0.3, 0.4) is 0 Å². The van der Waals surface area contributed by atoms with Crippen LogP contribution in [0.5, 0.6) is 0 Å². The van der Waals surface area contributed by atoms with Gasteiger partial charge in [-0.3, -0.25) is 4.98 Å². The van der Waals surface area contributed by atoms with Crippen molar-refractivity contribution in [3.8, 4) is 0 Å². The first-order chi connectivity index (χ1) is 8.31. The van der Waals surface area contributed by atoms with Crippen molar-refractivity contribution in [3.63, 3.8) is 0 Å². The Morgan fingerprint density at radius 2 is 1.94 bits per heavy atom. The second-order valence-electron chi connectivity index (χ2n) is 3.65. The Morgan fingerprint density at radius 3 is 2.71 bits per heavy atom. The highest BCUT2D eigenvalue weighted by Gasteiger charge is 2.04. The quantitative estimate of drug-likeness (QED) is 0.879. The maximum atomic E-state index is 13.3. The van der Waals surface area contributed by atoms with Crippen molar-refractivity contribution in [2.45, 2.75) is 19.9 Å². The lowest BCUT2D eigenvalue weighted by Gasteiger charge is -2.08. The molecule has 0 aliphatic rings. The lowest BCUT2D eigenvalue weighted by Crippen LogP contribution is -2.07. The molecule has 88 valence electrons. The molecule has 17 heavy (non-hydrogen) atoms. The fraction of sp³-hybridized carbons (Fsp3) is 0.231. The summed E-state index contributed by atoms with van der Waals surface area (Å²) in [6.07, 6.45) is 4.21. The number of hydrogen-bond acceptors (Lipinski definition) is 3. The number of aryl methyl sites for hydroxylation is 1. The SMILES string of the molecule is CCc1cccnc1CNc1ncccc1F. The lowest BCUT2D eigenvalue weighted by atomic mass is 10.1. The zero-order chi connectivity index (χ0) is 12.1. The van der Waals surface area contributed by atoms with Crippen LogP contribution in [0.1, 0.15) is 18.2 Å². The zero-order valence-electron chi connectivity index (χ0n) is 9.65. The second kappa shape index (κ2) is 5.39. The van der Waals surface area contributed by atoms with Crippen molar-refractivity contribution < 1.29 is 4.39 Å². The highest BCUT2D eigenvalue weighted by Crippen LogP contribution is 2.12. The van der Waals surface area contributed by atoms with E-state index in [1.165, 1.54) is 6.07 Å². The van der Waals surface area contributed by atoms with E-state index >= 15 is 0 Å². The molecule has 0 fully saturated rings. The summed E-state index contributed by atoms with van der Waals surface area (Å²) in [5.74, 6) is -0.0818. The average molecular weight is 231 g/mol. The number of nitrogens with one attached hydrogen (secondary N) is 1. The van der Waals surface area contributed by atoms with Gasteiger partial charge in [0.05, 0.1) is 12.2 Å². The number of hydrogen-bond donors (Lipinski definition) is 1. The second-order valence-corrected chi connectivity index (χ2v) is 3.65. The smallest absolute Gasteiger partial charge is 0.165 e. The van der Waals surface area contributed by atoms with Crippen LogP contribution in [0, 0.1) is 5.82 Å². The molecular weight excluding hydrogens is 217 g/mol. The minimum atomic E-state index is -0.346. The third-order valence-corrected chi connectivity index (χ3v) is 2.55. The van der Waals surface area contributed by atoms with Gasteiger partial charge in [0.25, 0.3) is 0 Å². The molecule has 0 saturated carbocycles. The standard InChI is InChI=1S/C13H14FN3/c1-2-10-5-3-7-15-12(10)9-17-13-11(14)6-4-8-16-13/h3-8H,2,9H2,1H3,(H,16,17). The third kappa shape index (κ3) is 2.78. The van der Waals surface area contributed by atoms with Crippen LogP contribution in [-0.2, 0) is 13.0 Å². The molecule has 2 rings (SSSR count). The Kier molecular flexibility index (Phi) is 3.65. The largest absolute Gasteiger partial charge is 0.362 e. The summed E-state index contributed by atoms with van der Waals surface area (Å²) in [5.41, 5.74) is 2.09. The Bertz CT molecular complexity index is 500. The number of pyridine rings is 2. The third-order valence-electron chi connectivity index (χ3n) is 2.55. The number of nitrogens with zero attached hydrogens (tertiary/aromatic N) is 2. The van der Waals surface area contributed by atoms with Crippen LogP contribution in [0.2, 0.25) is 0 Å². The predicted molar refractivity (Wildman–Crippen MR) is 65.1 cm³/mol. The van der Waals surface area contributed by atoms with Gasteiger partial charge in [-0.25, -0.2) is 9.37 Å². The van der Waals surface area contributed by atoms with Crippen LogP contribution < -0.4 is 5.32 Å². The molecule has 1 N–H and O–H groups in total. The van der Waals surface area contributed by atoms with Gasteiger partial charge in [0.2, 0.25) is 0 Å². The average Bonchev–Trinajstić information content (AvgIpc) is 2.38. The summed E-state index contributed by atoms with van der Waals surface area (Å²) in [4.78, 5) is 8.22. The normalized spacial score (nSPS) is 10.2. The summed E-state index contributed by atoms with van der Waals surface area (Å²) in [6.45, 7) is 2.56. The molecule has 3 nitrogen and oxygen atoms in total. The molecule has 0 saturated heterocycles. The van der Waals surface area contributed by atoms with Crippen molar-refractivity contribution in [1.82, 2.24) is 9.97 Å². The summed E-state index contributed by atoms with van der Waals surface area (Å²) in [5, 5.41) is 2.96. The van der Waals surface area contributed by atoms with E-state index < -0.39 is 0 Å². The number of aromatic nitrogens is 2. The Morgan fingerprint density at radius 1 is 1.18 bits per heavy atom. The van der Waals surface area contributed by atoms with Crippen LogP contribution in [0.4, 0.5) is 10.2 Å². The van der Waals surface area contributed by atoms with Gasteiger partial charge in [0, 0.05) is 12.4 Å². The molecule has 2 aromatic heterocycles. The maximum absolute atomic E-state index is 13.3. The van der Waals surface area contributed by atoms with E-state index in [0.717, 1.165) is 17.7 Å². The number of anilines is 1. The van der Waals surface area contributed by atoms with Gasteiger partial charge in [-0.2, -0.15) is 0 Å². The van der Waals surface area contributed by atoms with Gasteiger partial charge in [0.15, 0.2) is 11.6 Å². The minimum Gasteiger partial charge on any atom is -0.362 e. The van der Waals surface area contributed by atoms with Gasteiger partial charge < -0.3 is 5.32 Å². The molecule has 0 aliphatic heterocycles. The van der Waals surface area contributed by atoms with Crippen molar-refractivity contribution in [1.29, 1.82) is 0 Å². The molecular formula is C13H14FN3. The van der Waals surface area contributed by atoms with Crippen molar-refractivity contribution in [2.75, 3.05) is 5.32 Å². The van der Waals surface area contributed by atoms with E-state index in [1.54, 1.807) is 18.5 Å². The Balaban J connectivity index is 2.10. The molecule has 4 heteroatoms. The summed E-state index contributed by atoms with van der Waals surface area (Å²) in [7, 11) is 0. The molecule has 0 radical (unpaired) electrons. The molecule has 0 unspecified atom stereocenters. The first-order valence-electron chi connectivity index (χ1n) is 5.58. The lowest BCUT2D eigenvalue weighted by molar-refractivity contribution is 0.624. The molecule has 0 spiro atoms. The molecule has 0 bridgehead atoms. The van der Waals surface area contributed by atoms with Crippen LogP contribution in [-0.4, -0.2) is 9.97 Å². The van der Waals surface area contributed by atoms with Gasteiger partial charge in [-0.1, -0.05) is 13.0 Å². The molecule has 0 aliphatic carbocycles. The van der Waals surface area contributed by atoms with E-state index in [1.807, 2.05) is 12.1 Å². The van der Waals surface area contributed by atoms with E-state index in [2.05, 4.69) is 22.2 Å². The summed E-state index contributed by atoms with van der Waals surface area (Å²) >= 11 is 0.